The molecule has 76 valence electrons. The Labute approximate surface area is 89.1 Å². The van der Waals surface area contributed by atoms with E-state index >= 15 is 0 Å². The Kier molecular flexibility index (Phi) is 2.87. The van der Waals surface area contributed by atoms with Crippen molar-refractivity contribution < 1.29 is 0 Å². The lowest BCUT2D eigenvalue weighted by Gasteiger charge is -2.31. The molecule has 1 aromatic rings. The molecule has 4 heteroatoms. The summed E-state index contributed by atoms with van der Waals surface area (Å²) in [5.74, 6) is 1.65. The van der Waals surface area contributed by atoms with E-state index in [0.717, 1.165) is 24.8 Å². The molecule has 0 saturated carbocycles. The van der Waals surface area contributed by atoms with Crippen molar-refractivity contribution in [2.45, 2.75) is 19.8 Å². The molecule has 1 fully saturated rings. The van der Waals surface area contributed by atoms with Gasteiger partial charge in [-0.3, -0.25) is 4.98 Å². The first-order valence-corrected chi connectivity index (χ1v) is 5.36. The van der Waals surface area contributed by atoms with Crippen molar-refractivity contribution in [2.75, 3.05) is 18.0 Å². The molecule has 1 aromatic heterocycles. The summed E-state index contributed by atoms with van der Waals surface area (Å²) in [4.78, 5) is 10.6. The predicted molar refractivity (Wildman–Crippen MR) is 57.7 cm³/mol. The fourth-order valence-corrected chi connectivity index (χ4v) is 2.03. The second kappa shape index (κ2) is 4.13. The number of piperidine rings is 1. The molecule has 0 radical (unpaired) electrons. The molecule has 1 saturated heterocycles. The van der Waals surface area contributed by atoms with Gasteiger partial charge < -0.3 is 4.90 Å². The zero-order valence-electron chi connectivity index (χ0n) is 8.28. The van der Waals surface area contributed by atoms with Crippen molar-refractivity contribution >= 4 is 17.4 Å². The van der Waals surface area contributed by atoms with E-state index in [-0.39, 0.29) is 0 Å². The van der Waals surface area contributed by atoms with Gasteiger partial charge in [0.1, 0.15) is 11.0 Å². The number of anilines is 1. The topological polar surface area (TPSA) is 29.0 Å². The predicted octanol–water partition coefficient (Wildman–Crippen LogP) is 2.37. The third kappa shape index (κ3) is 2.15. The average molecular weight is 212 g/mol. The summed E-state index contributed by atoms with van der Waals surface area (Å²) in [6.45, 7) is 4.40. The highest BCUT2D eigenvalue weighted by molar-refractivity contribution is 6.29. The lowest BCUT2D eigenvalue weighted by Crippen LogP contribution is -2.34. The van der Waals surface area contributed by atoms with Crippen LogP contribution in [0, 0.1) is 5.92 Å². The summed E-state index contributed by atoms with van der Waals surface area (Å²) in [5.41, 5.74) is 0. The Bertz CT molecular complexity index is 316. The van der Waals surface area contributed by atoms with Gasteiger partial charge in [0.25, 0.3) is 0 Å². The van der Waals surface area contributed by atoms with Crippen molar-refractivity contribution in [3.63, 3.8) is 0 Å². The van der Waals surface area contributed by atoms with Gasteiger partial charge in [-0.05, 0) is 18.8 Å². The molecular weight excluding hydrogens is 198 g/mol. The van der Waals surface area contributed by atoms with Crippen LogP contribution in [-0.2, 0) is 0 Å². The van der Waals surface area contributed by atoms with E-state index in [1.807, 2.05) is 0 Å². The number of hydrogen-bond donors (Lipinski definition) is 0. The number of hydrogen-bond acceptors (Lipinski definition) is 3. The number of halogens is 1. The van der Waals surface area contributed by atoms with Crippen LogP contribution in [0.2, 0.25) is 5.15 Å². The summed E-state index contributed by atoms with van der Waals surface area (Å²) < 4.78 is 0. The van der Waals surface area contributed by atoms with Crippen LogP contribution in [0.25, 0.3) is 0 Å². The standard InChI is InChI=1S/C10H14ClN3/c1-8-3-2-4-14(7-8)10-6-12-5-9(11)13-10/h5-6,8H,2-4,7H2,1H3/t8-/m0/s1. The molecular formula is C10H14ClN3. The molecule has 0 N–H and O–H groups in total. The van der Waals surface area contributed by atoms with Crippen LogP contribution in [0.15, 0.2) is 12.4 Å². The molecule has 0 unspecified atom stereocenters. The molecule has 0 bridgehead atoms. The van der Waals surface area contributed by atoms with Crippen LogP contribution < -0.4 is 4.90 Å². The highest BCUT2D eigenvalue weighted by Crippen LogP contribution is 2.21. The molecule has 1 aliphatic heterocycles. The van der Waals surface area contributed by atoms with Crippen molar-refractivity contribution in [1.82, 2.24) is 9.97 Å². The number of nitrogens with zero attached hydrogens (tertiary/aromatic N) is 3. The fraction of sp³-hybridized carbons (Fsp3) is 0.600. The van der Waals surface area contributed by atoms with E-state index in [9.17, 15) is 0 Å². The molecule has 1 atom stereocenters. The van der Waals surface area contributed by atoms with Gasteiger partial charge in [-0.25, -0.2) is 4.98 Å². The van der Waals surface area contributed by atoms with Gasteiger partial charge >= 0.3 is 0 Å². The van der Waals surface area contributed by atoms with Gasteiger partial charge in [0.05, 0.1) is 12.4 Å². The smallest absolute Gasteiger partial charge is 0.149 e. The minimum Gasteiger partial charge on any atom is -0.355 e. The third-order valence-corrected chi connectivity index (χ3v) is 2.76. The van der Waals surface area contributed by atoms with Gasteiger partial charge in [0, 0.05) is 13.1 Å². The first kappa shape index (κ1) is 9.71. The van der Waals surface area contributed by atoms with Crippen molar-refractivity contribution in [1.29, 1.82) is 0 Å². The van der Waals surface area contributed by atoms with E-state index in [1.165, 1.54) is 12.8 Å². The van der Waals surface area contributed by atoms with E-state index in [0.29, 0.717) is 5.15 Å². The fourth-order valence-electron chi connectivity index (χ4n) is 1.88. The molecule has 3 nitrogen and oxygen atoms in total. The normalized spacial score (nSPS) is 22.4. The van der Waals surface area contributed by atoms with Gasteiger partial charge in [-0.1, -0.05) is 18.5 Å². The highest BCUT2D eigenvalue weighted by Gasteiger charge is 2.17. The maximum Gasteiger partial charge on any atom is 0.149 e. The SMILES string of the molecule is C[C@H]1CCCN(c2cncc(Cl)n2)C1. The second-order valence-corrected chi connectivity index (χ2v) is 4.28. The molecule has 2 heterocycles. The third-order valence-electron chi connectivity index (χ3n) is 2.57. The first-order chi connectivity index (χ1) is 6.75. The van der Waals surface area contributed by atoms with Gasteiger partial charge in [-0.2, -0.15) is 0 Å². The Morgan fingerprint density at radius 3 is 3.07 bits per heavy atom. The summed E-state index contributed by atoms with van der Waals surface area (Å²) >= 11 is 5.80. The van der Waals surface area contributed by atoms with Crippen molar-refractivity contribution in [2.24, 2.45) is 5.92 Å². The first-order valence-electron chi connectivity index (χ1n) is 4.98. The van der Waals surface area contributed by atoms with E-state index in [2.05, 4.69) is 21.8 Å². The molecule has 2 rings (SSSR count). The molecule has 0 spiro atoms. The minimum absolute atomic E-state index is 0.473. The lowest BCUT2D eigenvalue weighted by atomic mass is 10.0. The molecule has 14 heavy (non-hydrogen) atoms. The van der Waals surface area contributed by atoms with Crippen LogP contribution in [0.3, 0.4) is 0 Å². The van der Waals surface area contributed by atoms with Crippen molar-refractivity contribution in [3.8, 4) is 0 Å². The number of aromatic nitrogens is 2. The largest absolute Gasteiger partial charge is 0.355 e. The Balaban J connectivity index is 2.14. The summed E-state index contributed by atoms with van der Waals surface area (Å²) in [6, 6.07) is 0. The second-order valence-electron chi connectivity index (χ2n) is 3.89. The minimum atomic E-state index is 0.473. The lowest BCUT2D eigenvalue weighted by molar-refractivity contribution is 0.444. The van der Waals surface area contributed by atoms with E-state index in [1.54, 1.807) is 12.4 Å². The van der Waals surface area contributed by atoms with Crippen LogP contribution in [0.1, 0.15) is 19.8 Å². The summed E-state index contributed by atoms with van der Waals surface area (Å²) in [7, 11) is 0. The number of rotatable bonds is 1. The maximum absolute atomic E-state index is 5.80. The van der Waals surface area contributed by atoms with E-state index < -0.39 is 0 Å². The average Bonchev–Trinajstić information content (AvgIpc) is 2.18. The molecule has 1 aliphatic rings. The monoisotopic (exact) mass is 211 g/mol. The van der Waals surface area contributed by atoms with Crippen molar-refractivity contribution in [3.05, 3.63) is 17.5 Å². The van der Waals surface area contributed by atoms with Gasteiger partial charge in [0.2, 0.25) is 0 Å². The summed E-state index contributed by atoms with van der Waals surface area (Å²) in [5, 5.41) is 0.473. The molecule has 0 amide bonds. The Morgan fingerprint density at radius 1 is 1.50 bits per heavy atom. The summed E-state index contributed by atoms with van der Waals surface area (Å²) in [6.07, 6.45) is 5.89. The van der Waals surface area contributed by atoms with Crippen LogP contribution in [0.5, 0.6) is 0 Å². The molecule has 0 aliphatic carbocycles. The Hall–Kier alpha value is -0.830. The Morgan fingerprint density at radius 2 is 2.36 bits per heavy atom. The zero-order chi connectivity index (χ0) is 9.97. The van der Waals surface area contributed by atoms with E-state index in [4.69, 9.17) is 11.6 Å². The van der Waals surface area contributed by atoms with Crippen LogP contribution in [0.4, 0.5) is 5.82 Å². The van der Waals surface area contributed by atoms with Crippen LogP contribution in [-0.4, -0.2) is 23.1 Å². The zero-order valence-corrected chi connectivity index (χ0v) is 9.04. The van der Waals surface area contributed by atoms with Gasteiger partial charge in [0.15, 0.2) is 0 Å². The van der Waals surface area contributed by atoms with Gasteiger partial charge in [-0.15, -0.1) is 0 Å². The highest BCUT2D eigenvalue weighted by atomic mass is 35.5. The quantitative estimate of drug-likeness (QED) is 0.714. The van der Waals surface area contributed by atoms with Crippen LogP contribution >= 0.6 is 11.6 Å². The molecule has 0 aromatic carbocycles. The maximum atomic E-state index is 5.80.